The van der Waals surface area contributed by atoms with Gasteiger partial charge in [-0.05, 0) is 30.2 Å². The van der Waals surface area contributed by atoms with Gasteiger partial charge in [0.15, 0.2) is 0 Å². The molecule has 0 radical (unpaired) electrons. The molecule has 0 fully saturated rings. The number of amides is 1. The predicted molar refractivity (Wildman–Crippen MR) is 118 cm³/mol. The van der Waals surface area contributed by atoms with Crippen LogP contribution in [0.5, 0.6) is 0 Å². The minimum atomic E-state index is -3.73. The quantitative estimate of drug-likeness (QED) is 0.418. The maximum absolute atomic E-state index is 12.8. The van der Waals surface area contributed by atoms with Crippen molar-refractivity contribution in [3.05, 3.63) is 72.2 Å². The highest BCUT2D eigenvalue weighted by Crippen LogP contribution is 2.21. The SMILES string of the molecule is CCC(NC(=O)c1cccc(S(=O)(=O)NCCOC)c1)c1ncc(-c2ccccc2)[nH]1. The number of carbonyl (C=O) groups is 1. The first-order valence-electron chi connectivity index (χ1n) is 9.94. The van der Waals surface area contributed by atoms with E-state index in [1.807, 2.05) is 37.3 Å². The first-order chi connectivity index (χ1) is 14.9. The number of nitrogens with one attached hydrogen (secondary N) is 3. The normalized spacial score (nSPS) is 12.5. The standard InChI is InChI=1S/C22H26N4O4S/c1-3-19(21-23-15-20(25-21)16-8-5-4-6-9-16)26-22(27)17-10-7-11-18(14-17)31(28,29)24-12-13-30-2/h4-11,14-15,19,24H,3,12-13H2,1-2H3,(H,23,25)(H,26,27). The van der Waals surface area contributed by atoms with Crippen LogP contribution >= 0.6 is 0 Å². The van der Waals surface area contributed by atoms with Gasteiger partial charge in [0.25, 0.3) is 5.91 Å². The van der Waals surface area contributed by atoms with E-state index in [1.54, 1.807) is 18.3 Å². The fourth-order valence-corrected chi connectivity index (χ4v) is 4.11. The summed E-state index contributed by atoms with van der Waals surface area (Å²) in [4.78, 5) is 20.5. The van der Waals surface area contributed by atoms with Crippen LogP contribution < -0.4 is 10.0 Å². The summed E-state index contributed by atoms with van der Waals surface area (Å²) in [6, 6.07) is 15.4. The molecule has 0 spiro atoms. The van der Waals surface area contributed by atoms with E-state index in [1.165, 1.54) is 19.2 Å². The zero-order chi connectivity index (χ0) is 22.3. The second-order valence-electron chi connectivity index (χ2n) is 6.90. The average molecular weight is 443 g/mol. The highest BCUT2D eigenvalue weighted by atomic mass is 32.2. The van der Waals surface area contributed by atoms with Crippen LogP contribution in [0.4, 0.5) is 0 Å². The highest BCUT2D eigenvalue weighted by Gasteiger charge is 2.20. The van der Waals surface area contributed by atoms with Gasteiger partial charge in [0.05, 0.1) is 29.4 Å². The van der Waals surface area contributed by atoms with Crippen molar-refractivity contribution in [1.29, 1.82) is 0 Å². The number of aromatic nitrogens is 2. The van der Waals surface area contributed by atoms with Crippen LogP contribution in [0.2, 0.25) is 0 Å². The molecule has 164 valence electrons. The molecule has 31 heavy (non-hydrogen) atoms. The molecule has 3 rings (SSSR count). The van der Waals surface area contributed by atoms with Gasteiger partial charge in [-0.1, -0.05) is 43.3 Å². The van der Waals surface area contributed by atoms with E-state index in [9.17, 15) is 13.2 Å². The number of hydrogen-bond donors (Lipinski definition) is 3. The molecule has 1 heterocycles. The van der Waals surface area contributed by atoms with Crippen molar-refractivity contribution in [1.82, 2.24) is 20.0 Å². The summed E-state index contributed by atoms with van der Waals surface area (Å²) in [5.74, 6) is 0.262. The lowest BCUT2D eigenvalue weighted by Gasteiger charge is -2.15. The molecule has 0 saturated carbocycles. The molecule has 3 N–H and O–H groups in total. The third kappa shape index (κ3) is 5.78. The second kappa shape index (κ2) is 10.3. The van der Waals surface area contributed by atoms with E-state index in [0.29, 0.717) is 12.2 Å². The number of carbonyl (C=O) groups excluding carboxylic acids is 1. The Labute approximate surface area is 182 Å². The Bertz CT molecular complexity index is 1110. The van der Waals surface area contributed by atoms with Crippen molar-refractivity contribution in [2.75, 3.05) is 20.3 Å². The van der Waals surface area contributed by atoms with E-state index in [4.69, 9.17) is 4.74 Å². The zero-order valence-electron chi connectivity index (χ0n) is 17.5. The highest BCUT2D eigenvalue weighted by molar-refractivity contribution is 7.89. The molecule has 1 amide bonds. The van der Waals surface area contributed by atoms with Crippen molar-refractivity contribution in [2.45, 2.75) is 24.3 Å². The largest absolute Gasteiger partial charge is 0.383 e. The van der Waals surface area contributed by atoms with Gasteiger partial charge >= 0.3 is 0 Å². The van der Waals surface area contributed by atoms with Gasteiger partial charge in [0.1, 0.15) is 5.82 Å². The first kappa shape index (κ1) is 22.7. The zero-order valence-corrected chi connectivity index (χ0v) is 18.3. The van der Waals surface area contributed by atoms with E-state index in [0.717, 1.165) is 11.3 Å². The van der Waals surface area contributed by atoms with Gasteiger partial charge in [0, 0.05) is 19.2 Å². The lowest BCUT2D eigenvalue weighted by Crippen LogP contribution is -2.30. The average Bonchev–Trinajstić information content (AvgIpc) is 3.28. The fraction of sp³-hybridized carbons (Fsp3) is 0.273. The number of aromatic amines is 1. The number of nitrogens with zero attached hydrogens (tertiary/aromatic N) is 1. The number of imidazole rings is 1. The monoisotopic (exact) mass is 442 g/mol. The number of sulfonamides is 1. The Morgan fingerprint density at radius 3 is 2.65 bits per heavy atom. The van der Waals surface area contributed by atoms with Crippen molar-refractivity contribution in [3.8, 4) is 11.3 Å². The number of benzene rings is 2. The lowest BCUT2D eigenvalue weighted by molar-refractivity contribution is 0.0933. The summed E-state index contributed by atoms with van der Waals surface area (Å²) < 4.78 is 32.1. The van der Waals surface area contributed by atoms with Crippen LogP contribution in [0, 0.1) is 0 Å². The van der Waals surface area contributed by atoms with Gasteiger partial charge < -0.3 is 15.0 Å². The van der Waals surface area contributed by atoms with E-state index < -0.39 is 10.0 Å². The Hall–Kier alpha value is -3.01. The maximum Gasteiger partial charge on any atom is 0.251 e. The molecule has 0 bridgehead atoms. The Kier molecular flexibility index (Phi) is 7.56. The Balaban J connectivity index is 1.74. The van der Waals surface area contributed by atoms with Crippen molar-refractivity contribution < 1.29 is 17.9 Å². The van der Waals surface area contributed by atoms with Crippen LogP contribution in [-0.4, -0.2) is 44.6 Å². The fourth-order valence-electron chi connectivity index (χ4n) is 3.05. The molecule has 1 unspecified atom stereocenters. The number of hydrogen-bond acceptors (Lipinski definition) is 5. The smallest absolute Gasteiger partial charge is 0.251 e. The molecule has 0 saturated heterocycles. The molecule has 0 aliphatic rings. The molecular weight excluding hydrogens is 416 g/mol. The molecule has 8 nitrogen and oxygen atoms in total. The first-order valence-corrected chi connectivity index (χ1v) is 11.4. The summed E-state index contributed by atoms with van der Waals surface area (Å²) in [5.41, 5.74) is 2.11. The van der Waals surface area contributed by atoms with Crippen LogP contribution in [0.3, 0.4) is 0 Å². The summed E-state index contributed by atoms with van der Waals surface area (Å²) >= 11 is 0. The van der Waals surface area contributed by atoms with Gasteiger partial charge in [0.2, 0.25) is 10.0 Å². The number of methoxy groups -OCH3 is 1. The molecule has 0 aliphatic heterocycles. The number of rotatable bonds is 10. The molecule has 3 aromatic rings. The van der Waals surface area contributed by atoms with Gasteiger partial charge in [-0.2, -0.15) is 0 Å². The second-order valence-corrected chi connectivity index (χ2v) is 8.67. The minimum absolute atomic E-state index is 0.0219. The van der Waals surface area contributed by atoms with E-state index >= 15 is 0 Å². The lowest BCUT2D eigenvalue weighted by atomic mass is 10.1. The van der Waals surface area contributed by atoms with Crippen LogP contribution in [0.15, 0.2) is 65.7 Å². The topological polar surface area (TPSA) is 113 Å². The third-order valence-electron chi connectivity index (χ3n) is 4.73. The number of H-pyrrole nitrogens is 1. The van der Waals surface area contributed by atoms with Gasteiger partial charge in [-0.25, -0.2) is 18.1 Å². The minimum Gasteiger partial charge on any atom is -0.383 e. The van der Waals surface area contributed by atoms with Gasteiger partial charge in [-0.3, -0.25) is 4.79 Å². The number of ether oxygens (including phenoxy) is 1. The Morgan fingerprint density at radius 1 is 1.16 bits per heavy atom. The van der Waals surface area contributed by atoms with E-state index in [-0.39, 0.29) is 35.6 Å². The summed E-state index contributed by atoms with van der Waals surface area (Å²) in [6.07, 6.45) is 2.35. The van der Waals surface area contributed by atoms with E-state index in [2.05, 4.69) is 20.0 Å². The third-order valence-corrected chi connectivity index (χ3v) is 6.19. The summed E-state index contributed by atoms with van der Waals surface area (Å²) in [7, 11) is -2.24. The molecule has 1 atom stereocenters. The van der Waals surface area contributed by atoms with Crippen LogP contribution in [-0.2, 0) is 14.8 Å². The molecule has 0 aliphatic carbocycles. The predicted octanol–water partition coefficient (Wildman–Crippen LogP) is 2.88. The van der Waals surface area contributed by atoms with Crippen molar-refractivity contribution in [3.63, 3.8) is 0 Å². The molecule has 9 heteroatoms. The van der Waals surface area contributed by atoms with Crippen LogP contribution in [0.1, 0.15) is 35.6 Å². The van der Waals surface area contributed by atoms with Gasteiger partial charge in [-0.15, -0.1) is 0 Å². The van der Waals surface area contributed by atoms with Crippen LogP contribution in [0.25, 0.3) is 11.3 Å². The maximum atomic E-state index is 12.8. The molecule has 1 aromatic heterocycles. The summed E-state index contributed by atoms with van der Waals surface area (Å²) in [6.45, 7) is 2.34. The summed E-state index contributed by atoms with van der Waals surface area (Å²) in [5, 5.41) is 2.93. The molecule has 2 aromatic carbocycles. The Morgan fingerprint density at radius 2 is 1.94 bits per heavy atom. The van der Waals surface area contributed by atoms with Crippen molar-refractivity contribution >= 4 is 15.9 Å². The molecular formula is C22H26N4O4S. The van der Waals surface area contributed by atoms with Crippen molar-refractivity contribution in [2.24, 2.45) is 0 Å².